The van der Waals surface area contributed by atoms with E-state index in [9.17, 15) is 0 Å². The number of rotatable bonds is 4. The monoisotopic (exact) mass is 314 g/mol. The third-order valence-electron chi connectivity index (χ3n) is 5.32. The molecule has 0 saturated carbocycles. The highest BCUT2D eigenvalue weighted by atomic mass is 16.5. The fourth-order valence-electron chi connectivity index (χ4n) is 4.06. The topological polar surface area (TPSA) is 43.2 Å². The summed E-state index contributed by atoms with van der Waals surface area (Å²) >= 11 is 0. The third kappa shape index (κ3) is 2.88. The predicted molar refractivity (Wildman–Crippen MR) is 90.3 cm³/mol. The van der Waals surface area contributed by atoms with Crippen molar-refractivity contribution in [2.75, 3.05) is 26.3 Å². The summed E-state index contributed by atoms with van der Waals surface area (Å²) in [6.45, 7) is 7.28. The number of hydrogen-bond acceptors (Lipinski definition) is 4. The maximum Gasteiger partial charge on any atom is 0.160 e. The molecule has 2 fully saturated rings. The van der Waals surface area contributed by atoms with Crippen molar-refractivity contribution in [1.82, 2.24) is 19.4 Å². The van der Waals surface area contributed by atoms with Gasteiger partial charge in [0.1, 0.15) is 11.3 Å². The first-order chi connectivity index (χ1) is 11.4. The first kappa shape index (κ1) is 15.1. The maximum atomic E-state index is 5.58. The van der Waals surface area contributed by atoms with Crippen molar-refractivity contribution in [1.29, 1.82) is 0 Å². The molecule has 0 aromatic carbocycles. The molecular weight excluding hydrogens is 288 g/mol. The molecule has 0 radical (unpaired) electrons. The van der Waals surface area contributed by atoms with E-state index in [0.717, 1.165) is 43.9 Å². The van der Waals surface area contributed by atoms with E-state index in [-0.39, 0.29) is 0 Å². The molecule has 0 aliphatic carbocycles. The lowest BCUT2D eigenvalue weighted by Crippen LogP contribution is -2.35. The lowest BCUT2D eigenvalue weighted by molar-refractivity contribution is 0.145. The molecule has 2 aromatic heterocycles. The smallest absolute Gasteiger partial charge is 0.160 e. The van der Waals surface area contributed by atoms with E-state index >= 15 is 0 Å². The molecule has 2 aromatic rings. The quantitative estimate of drug-likeness (QED) is 0.870. The van der Waals surface area contributed by atoms with Gasteiger partial charge in [0.15, 0.2) is 5.65 Å². The highest BCUT2D eigenvalue weighted by molar-refractivity contribution is 5.71. The summed E-state index contributed by atoms with van der Waals surface area (Å²) < 4.78 is 7.96. The number of piperidine rings is 1. The fourth-order valence-corrected chi connectivity index (χ4v) is 4.06. The van der Waals surface area contributed by atoms with E-state index < -0.39 is 0 Å². The average molecular weight is 314 g/mol. The first-order valence-electron chi connectivity index (χ1n) is 8.99. The van der Waals surface area contributed by atoms with Gasteiger partial charge in [-0.2, -0.15) is 0 Å². The molecule has 2 aliphatic heterocycles. The molecule has 2 aliphatic rings. The van der Waals surface area contributed by atoms with E-state index in [1.165, 1.54) is 31.6 Å². The van der Waals surface area contributed by atoms with Crippen LogP contribution in [0.25, 0.3) is 11.2 Å². The second-order valence-corrected chi connectivity index (χ2v) is 6.80. The van der Waals surface area contributed by atoms with Crippen LogP contribution in [0, 0.1) is 5.92 Å². The SMILES string of the molecule is CCN1CCCCC1c1nc2cccnc2n1CC1CCOC1. The molecule has 23 heavy (non-hydrogen) atoms. The van der Waals surface area contributed by atoms with Crippen LogP contribution in [0.3, 0.4) is 0 Å². The second-order valence-electron chi connectivity index (χ2n) is 6.80. The van der Waals surface area contributed by atoms with Gasteiger partial charge in [-0.3, -0.25) is 4.90 Å². The van der Waals surface area contributed by atoms with Crippen LogP contribution in [0.4, 0.5) is 0 Å². The van der Waals surface area contributed by atoms with Crippen molar-refractivity contribution in [3.63, 3.8) is 0 Å². The van der Waals surface area contributed by atoms with Gasteiger partial charge in [-0.05, 0) is 44.5 Å². The summed E-state index contributed by atoms with van der Waals surface area (Å²) in [5.41, 5.74) is 2.07. The summed E-state index contributed by atoms with van der Waals surface area (Å²) in [4.78, 5) is 12.2. The molecule has 4 heterocycles. The molecule has 124 valence electrons. The van der Waals surface area contributed by atoms with Gasteiger partial charge < -0.3 is 9.30 Å². The van der Waals surface area contributed by atoms with Crippen molar-refractivity contribution in [2.45, 2.75) is 45.2 Å². The third-order valence-corrected chi connectivity index (χ3v) is 5.32. The molecule has 5 heteroatoms. The van der Waals surface area contributed by atoms with E-state index in [1.807, 2.05) is 12.3 Å². The maximum absolute atomic E-state index is 5.58. The van der Waals surface area contributed by atoms with Crippen molar-refractivity contribution in [2.24, 2.45) is 5.92 Å². The van der Waals surface area contributed by atoms with Gasteiger partial charge in [0.2, 0.25) is 0 Å². The zero-order chi connectivity index (χ0) is 15.6. The summed E-state index contributed by atoms with van der Waals surface area (Å²) in [5.74, 6) is 1.80. The molecule has 2 saturated heterocycles. The summed E-state index contributed by atoms with van der Waals surface area (Å²) in [7, 11) is 0. The highest BCUT2D eigenvalue weighted by Crippen LogP contribution is 2.32. The van der Waals surface area contributed by atoms with Crippen LogP contribution in [0.1, 0.15) is 44.5 Å². The normalized spacial score (nSPS) is 26.1. The number of nitrogens with zero attached hydrogens (tertiary/aromatic N) is 4. The molecule has 0 bridgehead atoms. The predicted octanol–water partition coefficient (Wildman–Crippen LogP) is 3.01. The van der Waals surface area contributed by atoms with Crippen LogP contribution in [-0.4, -0.2) is 45.7 Å². The Bertz CT molecular complexity index is 662. The van der Waals surface area contributed by atoms with Gasteiger partial charge >= 0.3 is 0 Å². The Balaban J connectivity index is 1.74. The van der Waals surface area contributed by atoms with Crippen LogP contribution in [0.5, 0.6) is 0 Å². The van der Waals surface area contributed by atoms with Gasteiger partial charge in [-0.25, -0.2) is 9.97 Å². The number of ether oxygens (including phenoxy) is 1. The number of hydrogen-bond donors (Lipinski definition) is 0. The van der Waals surface area contributed by atoms with Crippen molar-refractivity contribution < 1.29 is 4.74 Å². The van der Waals surface area contributed by atoms with Crippen LogP contribution in [-0.2, 0) is 11.3 Å². The fraction of sp³-hybridized carbons (Fsp3) is 0.667. The number of imidazole rings is 1. The Morgan fingerprint density at radius 2 is 2.26 bits per heavy atom. The van der Waals surface area contributed by atoms with E-state index in [1.54, 1.807) is 0 Å². The van der Waals surface area contributed by atoms with E-state index in [4.69, 9.17) is 9.72 Å². The number of pyridine rings is 1. The second kappa shape index (κ2) is 6.57. The van der Waals surface area contributed by atoms with Crippen LogP contribution in [0.15, 0.2) is 18.3 Å². The Morgan fingerprint density at radius 3 is 3.09 bits per heavy atom. The lowest BCUT2D eigenvalue weighted by Gasteiger charge is -2.34. The molecule has 5 nitrogen and oxygen atoms in total. The molecule has 0 N–H and O–H groups in total. The molecule has 0 amide bonds. The minimum Gasteiger partial charge on any atom is -0.381 e. The molecule has 2 unspecified atom stereocenters. The summed E-state index contributed by atoms with van der Waals surface area (Å²) in [5, 5.41) is 0. The molecule has 2 atom stereocenters. The zero-order valence-electron chi connectivity index (χ0n) is 13.9. The first-order valence-corrected chi connectivity index (χ1v) is 8.99. The zero-order valence-corrected chi connectivity index (χ0v) is 13.9. The Morgan fingerprint density at radius 1 is 1.30 bits per heavy atom. The van der Waals surface area contributed by atoms with Crippen LogP contribution >= 0.6 is 0 Å². The standard InChI is InChI=1S/C18H26N4O/c1-2-21-10-4-3-7-16(21)18-20-15-6-5-9-19-17(15)22(18)12-14-8-11-23-13-14/h5-6,9,14,16H,2-4,7-8,10-13H2,1H3. The van der Waals surface area contributed by atoms with Crippen LogP contribution < -0.4 is 0 Å². The van der Waals surface area contributed by atoms with Crippen LogP contribution in [0.2, 0.25) is 0 Å². The van der Waals surface area contributed by atoms with Crippen molar-refractivity contribution in [3.05, 3.63) is 24.2 Å². The Labute approximate surface area is 137 Å². The van der Waals surface area contributed by atoms with Gasteiger partial charge in [0.25, 0.3) is 0 Å². The molecular formula is C18H26N4O. The van der Waals surface area contributed by atoms with Crippen molar-refractivity contribution in [3.8, 4) is 0 Å². The van der Waals surface area contributed by atoms with E-state index in [2.05, 4.69) is 27.4 Å². The van der Waals surface area contributed by atoms with Gasteiger partial charge in [0, 0.05) is 25.3 Å². The Kier molecular flexibility index (Phi) is 4.31. The Hall–Kier alpha value is -1.46. The highest BCUT2D eigenvalue weighted by Gasteiger charge is 2.29. The van der Waals surface area contributed by atoms with Gasteiger partial charge in [-0.1, -0.05) is 13.3 Å². The number of fused-ring (bicyclic) bond motifs is 1. The largest absolute Gasteiger partial charge is 0.381 e. The number of aromatic nitrogens is 3. The average Bonchev–Trinajstić information content (AvgIpc) is 3.23. The van der Waals surface area contributed by atoms with E-state index in [0.29, 0.717) is 12.0 Å². The summed E-state index contributed by atoms with van der Waals surface area (Å²) in [6.07, 6.45) is 6.84. The van der Waals surface area contributed by atoms with Gasteiger partial charge in [0.05, 0.1) is 12.6 Å². The minimum atomic E-state index is 0.435. The molecule has 4 rings (SSSR count). The number of likely N-dealkylation sites (tertiary alicyclic amines) is 1. The molecule has 0 spiro atoms. The minimum absolute atomic E-state index is 0.435. The summed E-state index contributed by atoms with van der Waals surface area (Å²) in [6, 6.07) is 4.51. The van der Waals surface area contributed by atoms with Gasteiger partial charge in [-0.15, -0.1) is 0 Å². The lowest BCUT2D eigenvalue weighted by atomic mass is 10.0. The van der Waals surface area contributed by atoms with Crippen molar-refractivity contribution >= 4 is 11.2 Å².